The number of nitrogens with one attached hydrogen (secondary N) is 4. The minimum absolute atomic E-state index is 0. The molecule has 0 aliphatic heterocycles. The molecular formula is C40H36CuFN13O21S5. The maximum Gasteiger partial charge on any atom is 0.397 e. The number of pyridine rings is 1. The standard InChI is InChI=1S/C40H36FN13O21S5.Cu/c1-19-30(33(42)56)35(57)54(36(58)31(19)51-48-25-10-8-21(18-29(25)79(69,70)71)76(61,62)14-13-75-80(72,73)74)12-11-43-39-45-38(41)46-40(47-39)44-27-16-23(78(66,67)68)17-28(32(27)55)50-53-34(20-5-3-2-4-6-20)52-49-26-15-22(77(63,64)65)7-9-24(26)37(59)60;/h2-10,15-18,49-50,57H,11-14H2,1H3,(H2,42,56)(H,52,53)(H,59,60)(H,63,64,65)(H,66,67,68)(H,69,70,71)(H,72,73,74)(H,43,45,46,47);/b44-27+,51-48?;. The summed E-state index contributed by atoms with van der Waals surface area (Å²) in [4.78, 5) is 62.6. The number of carboxylic acid groups (broad SMARTS) is 1. The summed E-state index contributed by atoms with van der Waals surface area (Å²) in [7, 11) is -25.0. The van der Waals surface area contributed by atoms with Crippen LogP contribution in [0.15, 0.2) is 129 Å². The molecule has 0 fully saturated rings. The third-order valence-electron chi connectivity index (χ3n) is 10.3. The van der Waals surface area contributed by atoms with E-state index in [1.54, 1.807) is 6.07 Å². The molecule has 1 amide bonds. The van der Waals surface area contributed by atoms with Crippen molar-refractivity contribution >= 4 is 109 Å². The van der Waals surface area contributed by atoms with Crippen LogP contribution in [0.1, 0.15) is 31.8 Å². The van der Waals surface area contributed by atoms with E-state index in [1.807, 2.05) is 0 Å². The number of amidine groups is 1. The average Bonchev–Trinajstić information content (AvgIpc) is 3.36. The molecule has 2 aromatic heterocycles. The molecule has 3 aromatic carbocycles. The molecular weight excluding hydrogens is 1240 g/mol. The van der Waals surface area contributed by atoms with Crippen LogP contribution in [0.25, 0.3) is 0 Å². The molecule has 41 heteroatoms. The number of halogens is 1. The molecule has 12 N–H and O–H groups in total. The monoisotopic (exact) mass is 1280 g/mol. The van der Waals surface area contributed by atoms with Gasteiger partial charge in [-0.05, 0) is 55.5 Å². The number of hydrazine groups is 1. The molecule has 1 aliphatic rings. The summed E-state index contributed by atoms with van der Waals surface area (Å²) in [5.74, 6) is -8.21. The smallest absolute Gasteiger partial charge is 0.397 e. The number of benzene rings is 3. The zero-order valence-corrected chi connectivity index (χ0v) is 45.0. The van der Waals surface area contributed by atoms with Crippen molar-refractivity contribution in [2.45, 2.75) is 28.2 Å². The van der Waals surface area contributed by atoms with Gasteiger partial charge in [-0.15, -0.1) is 10.2 Å². The Morgan fingerprint density at radius 3 is 2.10 bits per heavy atom. The molecule has 0 unspecified atom stereocenters. The fraction of sp³-hybridized carbons (Fsp3) is 0.125. The number of Topliss-reactive ketones (excluding diaryl/α,β-unsaturated/α-hetero) is 1. The maximum absolute atomic E-state index is 14.9. The first-order valence-electron chi connectivity index (χ1n) is 21.2. The molecule has 5 aromatic rings. The number of carbonyl (C=O) groups excluding carboxylic acids is 2. The van der Waals surface area contributed by atoms with Crippen LogP contribution in [0.4, 0.5) is 33.3 Å². The average molecular weight is 1280 g/mol. The number of carbonyl (C=O) groups is 3. The van der Waals surface area contributed by atoms with E-state index in [4.69, 9.17) is 10.3 Å². The second-order valence-electron chi connectivity index (χ2n) is 15.6. The number of anilines is 2. The Morgan fingerprint density at radius 2 is 1.49 bits per heavy atom. The minimum Gasteiger partial charge on any atom is -0.494 e. The van der Waals surface area contributed by atoms with Crippen molar-refractivity contribution < 1.29 is 111 Å². The van der Waals surface area contributed by atoms with Crippen LogP contribution in [-0.4, -0.2) is 138 Å². The van der Waals surface area contributed by atoms with Gasteiger partial charge in [0, 0.05) is 41.3 Å². The number of aromatic carboxylic acids is 1. The van der Waals surface area contributed by atoms with E-state index >= 15 is 0 Å². The number of primary amides is 1. The number of hydrogen-bond acceptors (Lipinski definition) is 26. The van der Waals surface area contributed by atoms with Gasteiger partial charge in [-0.2, -0.15) is 58.1 Å². The normalized spacial score (nSPS) is 14.0. The third-order valence-corrected chi connectivity index (χ3v) is 15.0. The molecule has 0 saturated carbocycles. The van der Waals surface area contributed by atoms with Crippen molar-refractivity contribution in [1.82, 2.24) is 30.4 Å². The Hall–Kier alpha value is -8.35. The molecule has 0 bridgehead atoms. The molecule has 81 heavy (non-hydrogen) atoms. The van der Waals surface area contributed by atoms with Crippen molar-refractivity contribution in [1.29, 1.82) is 0 Å². The molecule has 0 atom stereocenters. The number of ketones is 1. The predicted molar refractivity (Wildman–Crippen MR) is 270 cm³/mol. The number of rotatable bonds is 22. The fourth-order valence-corrected chi connectivity index (χ4v) is 9.88. The Bertz CT molecular complexity index is 4220. The first-order chi connectivity index (χ1) is 37.1. The van der Waals surface area contributed by atoms with E-state index < -0.39 is 188 Å². The summed E-state index contributed by atoms with van der Waals surface area (Å²) < 4.78 is 178. The Morgan fingerprint density at radius 1 is 0.827 bits per heavy atom. The van der Waals surface area contributed by atoms with E-state index in [0.29, 0.717) is 28.9 Å². The molecule has 6 rings (SSSR count). The second-order valence-corrected chi connectivity index (χ2v) is 23.0. The van der Waals surface area contributed by atoms with Gasteiger partial charge in [-0.1, -0.05) is 30.3 Å². The van der Waals surface area contributed by atoms with E-state index in [0.717, 1.165) is 31.2 Å². The Balaban J connectivity index is 0.0000120. The van der Waals surface area contributed by atoms with Crippen LogP contribution in [0.3, 0.4) is 0 Å². The number of azo groups is 1. The third kappa shape index (κ3) is 16.2. The topological polar surface area (TPSA) is 537 Å². The summed E-state index contributed by atoms with van der Waals surface area (Å²) in [6.07, 6.45) is -0.419. The van der Waals surface area contributed by atoms with Gasteiger partial charge >= 0.3 is 22.4 Å². The summed E-state index contributed by atoms with van der Waals surface area (Å²) in [6.45, 7) is -1.33. The second kappa shape index (κ2) is 25.0. The summed E-state index contributed by atoms with van der Waals surface area (Å²) in [5.41, 5.74) is 6.23. The van der Waals surface area contributed by atoms with Crippen LogP contribution in [0.5, 0.6) is 5.88 Å². The number of hydrazone groups is 1. The van der Waals surface area contributed by atoms with Gasteiger partial charge in [0.15, 0.2) is 21.4 Å². The molecule has 0 saturated heterocycles. The first kappa shape index (κ1) is 63.5. The number of hydrogen-bond donors (Lipinski definition) is 11. The molecule has 34 nitrogen and oxygen atoms in total. The van der Waals surface area contributed by atoms with Crippen molar-refractivity contribution in [3.63, 3.8) is 0 Å². The Kier molecular flexibility index (Phi) is 19.6. The SMILES string of the molecule is Cc1c(C(N)=O)c(O)n(CCNc2nc(F)nc(/N=C3\C=C(S(=O)(=O)O)C=C(NN/C(=N\Nc4cc(S(=O)(=O)O)ccc4C(=O)O)c4ccccc4)C3=O)n2)c(=O)c1N=Nc1ccc(S(=O)(=O)CCOS(=O)(=O)O)cc1S(=O)(=O)O.[Cu]. The van der Waals surface area contributed by atoms with Gasteiger partial charge in [0.1, 0.15) is 27.6 Å². The number of nitrogens with two attached hydrogens (primary N) is 1. The van der Waals surface area contributed by atoms with Gasteiger partial charge in [0.25, 0.3) is 47.8 Å². The molecule has 0 spiro atoms. The number of nitrogens with zero attached hydrogens (tertiary/aromatic N) is 8. The molecule has 1 radical (unpaired) electrons. The van der Waals surface area contributed by atoms with Crippen LogP contribution in [0.2, 0.25) is 0 Å². The first-order valence-corrected chi connectivity index (χ1v) is 28.6. The molecule has 2 heterocycles. The predicted octanol–water partition coefficient (Wildman–Crippen LogP) is 0.474. The number of aliphatic imine (C=N–C) groups is 1. The van der Waals surface area contributed by atoms with Crippen molar-refractivity contribution in [2.75, 3.05) is 29.6 Å². The number of allylic oxidation sites excluding steroid dienone is 3. The zero-order valence-electron chi connectivity index (χ0n) is 40.0. The maximum atomic E-state index is 14.9. The van der Waals surface area contributed by atoms with Crippen molar-refractivity contribution in [3.05, 3.63) is 128 Å². The fourth-order valence-electron chi connectivity index (χ4n) is 6.61. The molecule has 435 valence electrons. The van der Waals surface area contributed by atoms with Crippen LogP contribution in [-0.2, 0) is 83.2 Å². The van der Waals surface area contributed by atoms with E-state index in [9.17, 15) is 89.5 Å². The van der Waals surface area contributed by atoms with E-state index in [1.165, 1.54) is 24.3 Å². The van der Waals surface area contributed by atoms with Crippen molar-refractivity contribution in [3.8, 4) is 5.88 Å². The number of amides is 1. The van der Waals surface area contributed by atoms with Crippen molar-refractivity contribution in [2.24, 2.45) is 26.1 Å². The van der Waals surface area contributed by atoms with Gasteiger partial charge in [-0.3, -0.25) is 53.4 Å². The minimum atomic E-state index is -5.36. The number of aromatic nitrogens is 4. The quantitative estimate of drug-likeness (QED) is 0.00853. The number of sulfone groups is 1. The Labute approximate surface area is 465 Å². The zero-order chi connectivity index (χ0) is 59.3. The number of aromatic hydroxyl groups is 1. The van der Waals surface area contributed by atoms with Gasteiger partial charge < -0.3 is 21.3 Å². The summed E-state index contributed by atoms with van der Waals surface area (Å²) >= 11 is 0. The number of carboxylic acids is 1. The van der Waals surface area contributed by atoms with Crippen LogP contribution in [0, 0.1) is 13.0 Å². The summed E-state index contributed by atoms with van der Waals surface area (Å²) in [5, 5.41) is 34.4. The van der Waals surface area contributed by atoms with Crippen LogP contribution >= 0.6 is 0 Å². The largest absolute Gasteiger partial charge is 0.494 e. The van der Waals surface area contributed by atoms with E-state index in [-0.39, 0.29) is 28.5 Å². The summed E-state index contributed by atoms with van der Waals surface area (Å²) in [6, 6.07) is 11.7. The van der Waals surface area contributed by atoms with Crippen LogP contribution < -0.4 is 32.9 Å². The molecule has 1 aliphatic carbocycles. The van der Waals surface area contributed by atoms with Gasteiger partial charge in [-0.25, -0.2) is 22.4 Å². The van der Waals surface area contributed by atoms with Gasteiger partial charge in [0.05, 0.1) is 38.3 Å². The van der Waals surface area contributed by atoms with E-state index in [2.05, 4.69) is 61.1 Å². The van der Waals surface area contributed by atoms with Gasteiger partial charge in [0.2, 0.25) is 17.6 Å².